The molecule has 0 bridgehead atoms. The first kappa shape index (κ1) is 19.5. The van der Waals surface area contributed by atoms with Crippen molar-refractivity contribution in [3.05, 3.63) is 83.1 Å². The highest BCUT2D eigenvalue weighted by molar-refractivity contribution is 9.10. The van der Waals surface area contributed by atoms with Gasteiger partial charge < -0.3 is 5.32 Å². The molecule has 4 aromatic rings. The van der Waals surface area contributed by atoms with Crippen molar-refractivity contribution in [3.8, 4) is 11.3 Å². The molecule has 0 unspecified atom stereocenters. The molecular formula is C22H15BrFN3OS. The van der Waals surface area contributed by atoms with Gasteiger partial charge in [0.25, 0.3) is 0 Å². The quantitative estimate of drug-likeness (QED) is 0.369. The minimum atomic E-state index is -0.297. The molecule has 0 saturated heterocycles. The van der Waals surface area contributed by atoms with Crippen LogP contribution in [-0.2, 0) is 4.79 Å². The molecule has 0 radical (unpaired) electrons. The van der Waals surface area contributed by atoms with Gasteiger partial charge in [-0.3, -0.25) is 4.79 Å². The Kier molecular flexibility index (Phi) is 5.87. The Morgan fingerprint density at radius 2 is 1.62 bits per heavy atom. The lowest BCUT2D eigenvalue weighted by Gasteiger charge is -2.10. The first-order chi connectivity index (χ1) is 14.1. The number of fused-ring (bicyclic) bond motifs is 1. The largest absolute Gasteiger partial charge is 0.324 e. The van der Waals surface area contributed by atoms with Gasteiger partial charge in [0, 0.05) is 20.8 Å². The Balaban J connectivity index is 1.57. The maximum Gasteiger partial charge on any atom is 0.234 e. The van der Waals surface area contributed by atoms with Crippen LogP contribution in [0.2, 0.25) is 0 Å². The van der Waals surface area contributed by atoms with E-state index in [1.165, 1.54) is 23.9 Å². The van der Waals surface area contributed by atoms with Crippen LogP contribution in [0.15, 0.2) is 82.3 Å². The summed E-state index contributed by atoms with van der Waals surface area (Å²) in [5.41, 5.74) is 2.20. The molecule has 4 nitrogen and oxygen atoms in total. The van der Waals surface area contributed by atoms with Crippen molar-refractivity contribution in [2.45, 2.75) is 5.03 Å². The zero-order valence-corrected chi connectivity index (χ0v) is 17.5. The summed E-state index contributed by atoms with van der Waals surface area (Å²) in [7, 11) is 0. The van der Waals surface area contributed by atoms with Crippen LogP contribution in [0.1, 0.15) is 0 Å². The fourth-order valence-corrected chi connectivity index (χ4v) is 4.05. The van der Waals surface area contributed by atoms with E-state index in [1.807, 2.05) is 48.5 Å². The van der Waals surface area contributed by atoms with Crippen molar-refractivity contribution in [1.29, 1.82) is 0 Å². The van der Waals surface area contributed by atoms with E-state index in [9.17, 15) is 9.18 Å². The van der Waals surface area contributed by atoms with Gasteiger partial charge in [-0.25, -0.2) is 4.39 Å². The van der Waals surface area contributed by atoms with Crippen LogP contribution in [0.5, 0.6) is 0 Å². The Morgan fingerprint density at radius 1 is 0.931 bits per heavy atom. The second kappa shape index (κ2) is 8.71. The van der Waals surface area contributed by atoms with Gasteiger partial charge in [-0.05, 0) is 52.3 Å². The second-order valence-corrected chi connectivity index (χ2v) is 8.04. The number of benzene rings is 3. The van der Waals surface area contributed by atoms with Crippen LogP contribution in [0.3, 0.4) is 0 Å². The zero-order valence-electron chi connectivity index (χ0n) is 15.1. The molecule has 0 aliphatic heterocycles. The second-order valence-electron chi connectivity index (χ2n) is 6.22. The van der Waals surface area contributed by atoms with Crippen LogP contribution in [0, 0.1) is 5.82 Å². The van der Waals surface area contributed by atoms with Crippen molar-refractivity contribution in [1.82, 2.24) is 10.2 Å². The van der Waals surface area contributed by atoms with Gasteiger partial charge in [0.15, 0.2) is 0 Å². The fourth-order valence-electron chi connectivity index (χ4n) is 2.89. The van der Waals surface area contributed by atoms with Crippen molar-refractivity contribution >= 4 is 50.1 Å². The smallest absolute Gasteiger partial charge is 0.234 e. The highest BCUT2D eigenvalue weighted by Gasteiger charge is 2.13. The third kappa shape index (κ3) is 4.46. The number of hydrogen-bond acceptors (Lipinski definition) is 4. The van der Waals surface area contributed by atoms with Gasteiger partial charge in [0.2, 0.25) is 5.91 Å². The van der Waals surface area contributed by atoms with Crippen molar-refractivity contribution < 1.29 is 9.18 Å². The van der Waals surface area contributed by atoms with Gasteiger partial charge >= 0.3 is 0 Å². The van der Waals surface area contributed by atoms with E-state index >= 15 is 0 Å². The number of nitrogens with zero attached hydrogens (tertiary/aromatic N) is 2. The Labute approximate surface area is 179 Å². The molecule has 7 heteroatoms. The number of aromatic nitrogens is 2. The van der Waals surface area contributed by atoms with Crippen LogP contribution < -0.4 is 5.32 Å². The first-order valence-electron chi connectivity index (χ1n) is 8.80. The van der Waals surface area contributed by atoms with E-state index < -0.39 is 0 Å². The number of amides is 1. The van der Waals surface area contributed by atoms with Gasteiger partial charge in [-0.2, -0.15) is 0 Å². The van der Waals surface area contributed by atoms with E-state index in [0.29, 0.717) is 10.7 Å². The Bertz CT molecular complexity index is 1180. The number of carbonyl (C=O) groups is 1. The number of thioether (sulfide) groups is 1. The van der Waals surface area contributed by atoms with Crippen molar-refractivity contribution in [2.24, 2.45) is 0 Å². The number of carbonyl (C=O) groups excluding carboxylic acids is 1. The molecule has 1 aromatic heterocycles. The molecule has 0 fully saturated rings. The van der Waals surface area contributed by atoms with Gasteiger partial charge in [-0.15, -0.1) is 10.2 Å². The van der Waals surface area contributed by atoms with Crippen molar-refractivity contribution in [2.75, 3.05) is 11.1 Å². The summed E-state index contributed by atoms with van der Waals surface area (Å²) in [6.07, 6.45) is 0. The molecule has 3 aromatic carbocycles. The lowest BCUT2D eigenvalue weighted by Crippen LogP contribution is -2.14. The molecule has 0 atom stereocenters. The van der Waals surface area contributed by atoms with Gasteiger partial charge in [0.1, 0.15) is 16.5 Å². The summed E-state index contributed by atoms with van der Waals surface area (Å²) < 4.78 is 14.1. The summed E-state index contributed by atoms with van der Waals surface area (Å²) >= 11 is 4.75. The average Bonchev–Trinajstić information content (AvgIpc) is 2.74. The van der Waals surface area contributed by atoms with E-state index in [-0.39, 0.29) is 17.5 Å². The first-order valence-corrected chi connectivity index (χ1v) is 10.6. The monoisotopic (exact) mass is 467 g/mol. The maximum absolute atomic E-state index is 13.3. The predicted molar refractivity (Wildman–Crippen MR) is 118 cm³/mol. The SMILES string of the molecule is O=C(CSc1nnc(-c2ccc(F)cc2)c2ccccc12)Nc1ccccc1Br. The van der Waals surface area contributed by atoms with Crippen LogP contribution in [0.4, 0.5) is 10.1 Å². The summed E-state index contributed by atoms with van der Waals surface area (Å²) in [4.78, 5) is 12.4. The molecule has 0 saturated carbocycles. The molecule has 4 rings (SSSR count). The topological polar surface area (TPSA) is 54.9 Å². The highest BCUT2D eigenvalue weighted by Crippen LogP contribution is 2.32. The lowest BCUT2D eigenvalue weighted by molar-refractivity contribution is -0.113. The molecule has 1 N–H and O–H groups in total. The van der Waals surface area contributed by atoms with Gasteiger partial charge in [0.05, 0.1) is 11.4 Å². The maximum atomic E-state index is 13.3. The number of para-hydroxylation sites is 1. The molecule has 144 valence electrons. The molecule has 0 aliphatic carbocycles. The minimum Gasteiger partial charge on any atom is -0.324 e. The standard InChI is InChI=1S/C22H15BrFN3OS/c23-18-7-3-4-8-19(18)25-20(28)13-29-22-17-6-2-1-5-16(17)21(26-27-22)14-9-11-15(24)12-10-14/h1-12H,13H2,(H,25,28). The summed E-state index contributed by atoms with van der Waals surface area (Å²) in [6, 6.07) is 21.4. The summed E-state index contributed by atoms with van der Waals surface area (Å²) in [5, 5.41) is 14.0. The van der Waals surface area contributed by atoms with Crippen molar-refractivity contribution in [3.63, 3.8) is 0 Å². The molecule has 1 heterocycles. The van der Waals surface area contributed by atoms with E-state index in [4.69, 9.17) is 0 Å². The molecule has 0 aliphatic rings. The van der Waals surface area contributed by atoms with E-state index in [2.05, 4.69) is 31.4 Å². The lowest BCUT2D eigenvalue weighted by atomic mass is 10.1. The number of nitrogens with one attached hydrogen (secondary N) is 1. The van der Waals surface area contributed by atoms with Crippen LogP contribution in [0.25, 0.3) is 22.0 Å². The summed E-state index contributed by atoms with van der Waals surface area (Å²) in [5.74, 6) is -0.222. The third-order valence-electron chi connectivity index (χ3n) is 4.26. The van der Waals surface area contributed by atoms with Gasteiger partial charge in [-0.1, -0.05) is 48.2 Å². The summed E-state index contributed by atoms with van der Waals surface area (Å²) in [6.45, 7) is 0. The third-order valence-corrected chi connectivity index (χ3v) is 5.93. The van der Waals surface area contributed by atoms with Crippen LogP contribution in [-0.4, -0.2) is 21.9 Å². The fraction of sp³-hybridized carbons (Fsp3) is 0.0455. The predicted octanol–water partition coefficient (Wildman–Crippen LogP) is 5.93. The zero-order chi connectivity index (χ0) is 20.2. The number of rotatable bonds is 5. The molecule has 0 spiro atoms. The van der Waals surface area contributed by atoms with E-state index in [0.717, 1.165) is 26.5 Å². The number of halogens is 2. The average molecular weight is 468 g/mol. The van der Waals surface area contributed by atoms with E-state index in [1.54, 1.807) is 12.1 Å². The number of anilines is 1. The molecule has 1 amide bonds. The number of hydrogen-bond donors (Lipinski definition) is 1. The Morgan fingerprint density at radius 3 is 2.38 bits per heavy atom. The van der Waals surface area contributed by atoms with Crippen LogP contribution >= 0.6 is 27.7 Å². The molecule has 29 heavy (non-hydrogen) atoms. The molecular weight excluding hydrogens is 453 g/mol. The Hall–Kier alpha value is -2.77. The normalized spacial score (nSPS) is 10.8. The highest BCUT2D eigenvalue weighted by atomic mass is 79.9. The minimum absolute atomic E-state index is 0.129.